The predicted octanol–water partition coefficient (Wildman–Crippen LogP) is 3.69. The van der Waals surface area contributed by atoms with Crippen molar-refractivity contribution in [3.63, 3.8) is 0 Å². The van der Waals surface area contributed by atoms with E-state index < -0.39 is 12.7 Å². The van der Waals surface area contributed by atoms with Gasteiger partial charge in [0.1, 0.15) is 0 Å². The van der Waals surface area contributed by atoms with Gasteiger partial charge in [-0.3, -0.25) is 0 Å². The lowest BCUT2D eigenvalue weighted by Crippen LogP contribution is -2.45. The third kappa shape index (κ3) is 4.68. The topological polar surface area (TPSA) is 49.3 Å². The highest BCUT2D eigenvalue weighted by Crippen LogP contribution is 2.50. The van der Waals surface area contributed by atoms with E-state index in [-0.39, 0.29) is 5.66 Å². The minimum Gasteiger partial charge on any atom is -0.389 e. The molecular weight excluding hydrogens is 293 g/mol. The Kier molecular flexibility index (Phi) is 5.53. The summed E-state index contributed by atoms with van der Waals surface area (Å²) in [7, 11) is -2.11. The molecule has 2 atom stereocenters. The molecule has 0 radical (unpaired) electrons. The van der Waals surface area contributed by atoms with E-state index in [1.807, 2.05) is 13.3 Å². The van der Waals surface area contributed by atoms with Crippen LogP contribution in [0.2, 0.25) is 0 Å². The first-order valence-corrected chi connectivity index (χ1v) is 10.9. The minimum absolute atomic E-state index is 0.175. The molecule has 2 rings (SSSR count). The molecule has 1 aromatic carbocycles. The van der Waals surface area contributed by atoms with Gasteiger partial charge in [0.25, 0.3) is 0 Å². The summed E-state index contributed by atoms with van der Waals surface area (Å²) < 4.78 is 12.3. The van der Waals surface area contributed by atoms with Gasteiger partial charge in [0.05, 0.1) is 12.7 Å². The standard InChI is InChI=1S/C18H30NO2P/c1-14-7-8-16(15(2)10-14)12-19-13-18(20)9-5-6-17(11-18)22(3,4)21/h7-8,10,17,19-20H,5-6,9,11-13H2,1-4H3. The third-order valence-corrected chi connectivity index (χ3v) is 7.14. The summed E-state index contributed by atoms with van der Waals surface area (Å²) in [6.45, 7) is 9.29. The maximum absolute atomic E-state index is 12.3. The van der Waals surface area contributed by atoms with Crippen molar-refractivity contribution >= 4 is 7.14 Å². The second kappa shape index (κ2) is 6.86. The zero-order valence-electron chi connectivity index (χ0n) is 14.4. The highest BCUT2D eigenvalue weighted by Gasteiger charge is 2.38. The predicted molar refractivity (Wildman–Crippen MR) is 94.3 cm³/mol. The van der Waals surface area contributed by atoms with Gasteiger partial charge in [-0.15, -0.1) is 0 Å². The van der Waals surface area contributed by atoms with Gasteiger partial charge >= 0.3 is 0 Å². The molecule has 0 aliphatic heterocycles. The number of hydrogen-bond donors (Lipinski definition) is 2. The van der Waals surface area contributed by atoms with Crippen LogP contribution in [0.4, 0.5) is 0 Å². The van der Waals surface area contributed by atoms with Crippen LogP contribution in [0.5, 0.6) is 0 Å². The average molecular weight is 323 g/mol. The molecule has 1 aromatic rings. The van der Waals surface area contributed by atoms with Gasteiger partial charge in [0, 0.05) is 18.7 Å². The Bertz CT molecular complexity index is 566. The maximum Gasteiger partial charge on any atom is 0.0849 e. The Morgan fingerprint density at radius 1 is 1.36 bits per heavy atom. The first kappa shape index (κ1) is 17.7. The van der Waals surface area contributed by atoms with Gasteiger partial charge < -0.3 is 15.0 Å². The maximum atomic E-state index is 12.3. The molecule has 1 aliphatic rings. The lowest BCUT2D eigenvalue weighted by Gasteiger charge is -2.38. The van der Waals surface area contributed by atoms with Crippen molar-refractivity contribution in [3.05, 3.63) is 34.9 Å². The Labute approximate surface area is 134 Å². The van der Waals surface area contributed by atoms with Gasteiger partial charge in [0.15, 0.2) is 0 Å². The largest absolute Gasteiger partial charge is 0.389 e. The van der Waals surface area contributed by atoms with Crippen LogP contribution in [-0.4, -0.2) is 36.2 Å². The molecule has 0 heterocycles. The summed E-state index contributed by atoms with van der Waals surface area (Å²) in [5, 5.41) is 14.2. The fourth-order valence-corrected chi connectivity index (χ4v) is 5.06. The van der Waals surface area contributed by atoms with Gasteiger partial charge in [-0.2, -0.15) is 0 Å². The summed E-state index contributed by atoms with van der Waals surface area (Å²) in [6.07, 6.45) is 3.43. The zero-order valence-corrected chi connectivity index (χ0v) is 15.2. The van der Waals surface area contributed by atoms with Crippen molar-refractivity contribution in [2.75, 3.05) is 19.9 Å². The first-order chi connectivity index (χ1) is 10.2. The lowest BCUT2D eigenvalue weighted by atomic mass is 9.84. The van der Waals surface area contributed by atoms with Crippen molar-refractivity contribution < 1.29 is 9.67 Å². The van der Waals surface area contributed by atoms with Gasteiger partial charge in [0.2, 0.25) is 0 Å². The van der Waals surface area contributed by atoms with Crippen LogP contribution in [0.3, 0.4) is 0 Å². The number of aliphatic hydroxyl groups is 1. The van der Waals surface area contributed by atoms with Crippen LogP contribution in [0, 0.1) is 13.8 Å². The van der Waals surface area contributed by atoms with Crippen LogP contribution >= 0.6 is 7.14 Å². The zero-order chi connectivity index (χ0) is 16.4. The second-order valence-corrected chi connectivity index (χ2v) is 11.0. The highest BCUT2D eigenvalue weighted by atomic mass is 31.2. The van der Waals surface area contributed by atoms with Crippen LogP contribution in [0.25, 0.3) is 0 Å². The Morgan fingerprint density at radius 2 is 2.09 bits per heavy atom. The number of aryl methyl sites for hydroxylation is 2. The van der Waals surface area contributed by atoms with E-state index in [9.17, 15) is 9.67 Å². The molecule has 0 aromatic heterocycles. The van der Waals surface area contributed by atoms with E-state index in [0.29, 0.717) is 13.0 Å². The molecule has 4 heteroatoms. The molecule has 0 amide bonds. The number of rotatable bonds is 5. The molecule has 1 saturated carbocycles. The molecule has 1 aliphatic carbocycles. The fraction of sp³-hybridized carbons (Fsp3) is 0.667. The molecule has 0 saturated heterocycles. The van der Waals surface area contributed by atoms with E-state index >= 15 is 0 Å². The quantitative estimate of drug-likeness (QED) is 0.813. The SMILES string of the molecule is Cc1ccc(CNCC2(O)CCCC(P(C)(C)=O)C2)c(C)c1. The summed E-state index contributed by atoms with van der Waals surface area (Å²) in [5.41, 5.74) is 3.31. The van der Waals surface area contributed by atoms with Crippen molar-refractivity contribution in [1.82, 2.24) is 5.32 Å². The van der Waals surface area contributed by atoms with Crippen molar-refractivity contribution in [1.29, 1.82) is 0 Å². The van der Waals surface area contributed by atoms with Crippen molar-refractivity contribution in [2.45, 2.75) is 57.3 Å². The average Bonchev–Trinajstić information content (AvgIpc) is 2.40. The Morgan fingerprint density at radius 3 is 2.73 bits per heavy atom. The molecule has 3 nitrogen and oxygen atoms in total. The molecule has 124 valence electrons. The van der Waals surface area contributed by atoms with Crippen LogP contribution < -0.4 is 5.32 Å². The van der Waals surface area contributed by atoms with E-state index in [1.54, 1.807) is 0 Å². The third-order valence-electron chi connectivity index (χ3n) is 4.94. The lowest BCUT2D eigenvalue weighted by molar-refractivity contribution is 0.00579. The van der Waals surface area contributed by atoms with Crippen molar-refractivity contribution in [3.8, 4) is 0 Å². The number of hydrogen-bond acceptors (Lipinski definition) is 3. The second-order valence-electron chi connectivity index (χ2n) is 7.44. The normalized spacial score (nSPS) is 26.1. The summed E-state index contributed by atoms with van der Waals surface area (Å²) in [6, 6.07) is 6.46. The summed E-state index contributed by atoms with van der Waals surface area (Å²) >= 11 is 0. The fourth-order valence-electron chi connectivity index (χ4n) is 3.47. The van der Waals surface area contributed by atoms with Crippen LogP contribution in [0.1, 0.15) is 42.4 Å². The monoisotopic (exact) mass is 323 g/mol. The van der Waals surface area contributed by atoms with Crippen LogP contribution in [0.15, 0.2) is 18.2 Å². The molecule has 2 unspecified atom stereocenters. The van der Waals surface area contributed by atoms with E-state index in [2.05, 4.69) is 37.4 Å². The Balaban J connectivity index is 1.91. The van der Waals surface area contributed by atoms with Crippen molar-refractivity contribution in [2.24, 2.45) is 0 Å². The Hall–Kier alpha value is -0.630. The van der Waals surface area contributed by atoms with E-state index in [4.69, 9.17) is 0 Å². The highest BCUT2D eigenvalue weighted by molar-refractivity contribution is 7.63. The van der Waals surface area contributed by atoms with Crippen LogP contribution in [-0.2, 0) is 11.1 Å². The number of nitrogens with one attached hydrogen (secondary N) is 1. The van der Waals surface area contributed by atoms with Gasteiger partial charge in [-0.1, -0.05) is 23.8 Å². The minimum atomic E-state index is -2.11. The van der Waals surface area contributed by atoms with E-state index in [1.165, 1.54) is 16.7 Å². The van der Waals surface area contributed by atoms with Gasteiger partial charge in [-0.25, -0.2) is 0 Å². The van der Waals surface area contributed by atoms with E-state index in [0.717, 1.165) is 25.8 Å². The number of benzene rings is 1. The molecule has 0 bridgehead atoms. The summed E-state index contributed by atoms with van der Waals surface area (Å²) in [5.74, 6) is 0. The smallest absolute Gasteiger partial charge is 0.0849 e. The summed E-state index contributed by atoms with van der Waals surface area (Å²) in [4.78, 5) is 0. The molecule has 0 spiro atoms. The van der Waals surface area contributed by atoms with Gasteiger partial charge in [-0.05, 0) is 64.0 Å². The first-order valence-electron chi connectivity index (χ1n) is 8.23. The molecule has 1 fully saturated rings. The molecule has 22 heavy (non-hydrogen) atoms. The molecule has 2 N–H and O–H groups in total. The molecular formula is C18H30NO2P.